The van der Waals surface area contributed by atoms with Crippen LogP contribution in [0.1, 0.15) is 33.2 Å². The fourth-order valence-electron chi connectivity index (χ4n) is 1.99. The lowest BCUT2D eigenvalue weighted by atomic mass is 9.85. The second-order valence-corrected chi connectivity index (χ2v) is 6.76. The predicted molar refractivity (Wildman–Crippen MR) is 76.2 cm³/mol. The Bertz CT molecular complexity index is 485. The largest absolute Gasteiger partial charge is 0.512 e. The fraction of sp³-hybridized carbons (Fsp3) is 0.583. The summed E-state index contributed by atoms with van der Waals surface area (Å²) in [6.07, 6.45) is 5.51. The zero-order chi connectivity index (χ0) is 13.7. The number of rotatable bonds is 2. The highest BCUT2D eigenvalue weighted by Crippen LogP contribution is 2.40. The fourth-order valence-corrected chi connectivity index (χ4v) is 2.92. The smallest absolute Gasteiger partial charge is 0.398 e. The van der Waals surface area contributed by atoms with E-state index in [1.807, 2.05) is 10.8 Å². The Balaban J connectivity index is 1.70. The average molecular weight is 279 g/mol. The van der Waals surface area contributed by atoms with Crippen molar-refractivity contribution in [2.24, 2.45) is 0 Å². The van der Waals surface area contributed by atoms with Gasteiger partial charge in [-0.05, 0) is 33.1 Å². The molecule has 1 aromatic rings. The number of nitrogens with zero attached hydrogens (tertiary/aromatic N) is 2. The van der Waals surface area contributed by atoms with E-state index < -0.39 is 0 Å². The Hall–Kier alpha value is -0.915. The molecule has 0 spiro atoms. The van der Waals surface area contributed by atoms with E-state index >= 15 is 0 Å². The van der Waals surface area contributed by atoms with Crippen molar-refractivity contribution in [3.05, 3.63) is 29.7 Å². The highest BCUT2D eigenvalue weighted by Gasteiger charge is 2.53. The van der Waals surface area contributed by atoms with Gasteiger partial charge in [0.15, 0.2) is 5.50 Å². The first-order valence-electron chi connectivity index (χ1n) is 6.34. The zero-order valence-electron chi connectivity index (χ0n) is 11.6. The summed E-state index contributed by atoms with van der Waals surface area (Å²) in [4.78, 5) is 4.06. The molecule has 1 saturated heterocycles. The lowest BCUT2D eigenvalue weighted by Crippen LogP contribution is -2.41. The molecule has 2 aliphatic rings. The third kappa shape index (κ3) is 2.20. The van der Waals surface area contributed by atoms with Crippen LogP contribution in [-0.2, 0) is 9.31 Å². The topological polar surface area (TPSA) is 48.3 Å². The van der Waals surface area contributed by atoms with Crippen LogP contribution in [0.4, 0.5) is 0 Å². The van der Waals surface area contributed by atoms with Crippen molar-refractivity contribution in [2.75, 3.05) is 0 Å². The van der Waals surface area contributed by atoms with Crippen LogP contribution in [0.3, 0.4) is 0 Å². The second kappa shape index (κ2) is 4.29. The van der Waals surface area contributed by atoms with Gasteiger partial charge in [-0.15, -0.1) is 0 Å². The Morgan fingerprint density at radius 1 is 1.32 bits per heavy atom. The molecule has 102 valence electrons. The molecule has 1 N–H and O–H groups in total. The van der Waals surface area contributed by atoms with Crippen LogP contribution in [0.2, 0.25) is 0 Å². The van der Waals surface area contributed by atoms with Crippen molar-refractivity contribution < 1.29 is 9.31 Å². The summed E-state index contributed by atoms with van der Waals surface area (Å²) < 4.78 is 14.1. The summed E-state index contributed by atoms with van der Waals surface area (Å²) in [5, 5.41) is 5.47. The quantitative estimate of drug-likeness (QED) is 0.840. The lowest BCUT2D eigenvalue weighted by Gasteiger charge is -2.32. The second-order valence-electron chi connectivity index (χ2n) is 5.80. The Morgan fingerprint density at radius 2 is 2.00 bits per heavy atom. The van der Waals surface area contributed by atoms with Crippen LogP contribution in [-0.4, -0.2) is 27.9 Å². The predicted octanol–water partition coefficient (Wildman–Crippen LogP) is 2.15. The molecular weight excluding hydrogens is 261 g/mol. The molecule has 1 fully saturated rings. The van der Waals surface area contributed by atoms with Gasteiger partial charge < -0.3 is 19.2 Å². The molecule has 0 radical (unpaired) electrons. The van der Waals surface area contributed by atoms with Crippen molar-refractivity contribution in [3.63, 3.8) is 0 Å². The normalized spacial score (nSPS) is 28.3. The van der Waals surface area contributed by atoms with Gasteiger partial charge >= 0.3 is 7.12 Å². The summed E-state index contributed by atoms with van der Waals surface area (Å²) in [5.74, 6) is 0. The molecule has 2 aliphatic heterocycles. The molecule has 0 bridgehead atoms. The molecule has 5 nitrogen and oxygen atoms in total. The van der Waals surface area contributed by atoms with E-state index in [2.05, 4.69) is 43.4 Å². The van der Waals surface area contributed by atoms with E-state index in [1.165, 1.54) is 0 Å². The molecule has 7 heteroatoms. The molecule has 3 heterocycles. The SMILES string of the molecule is CC1(C)OB(C2=CSC(n3ccnc3)N2)OC1(C)C. The minimum absolute atomic E-state index is 0.122. The van der Waals surface area contributed by atoms with Gasteiger partial charge in [-0.2, -0.15) is 0 Å². The van der Waals surface area contributed by atoms with Crippen molar-refractivity contribution in [3.8, 4) is 0 Å². The molecule has 0 aromatic carbocycles. The summed E-state index contributed by atoms with van der Waals surface area (Å²) >= 11 is 1.69. The van der Waals surface area contributed by atoms with Crippen LogP contribution < -0.4 is 5.32 Å². The first-order valence-corrected chi connectivity index (χ1v) is 7.28. The molecule has 0 aliphatic carbocycles. The zero-order valence-corrected chi connectivity index (χ0v) is 12.4. The molecular formula is C12H18BN3O2S. The molecule has 0 amide bonds. The first-order chi connectivity index (χ1) is 8.89. The van der Waals surface area contributed by atoms with Gasteiger partial charge in [0.25, 0.3) is 0 Å². The van der Waals surface area contributed by atoms with Gasteiger partial charge in [-0.3, -0.25) is 0 Å². The number of nitrogens with one attached hydrogen (secondary N) is 1. The third-order valence-electron chi connectivity index (χ3n) is 3.92. The van der Waals surface area contributed by atoms with Crippen molar-refractivity contribution in [1.82, 2.24) is 14.9 Å². The molecule has 1 atom stereocenters. The summed E-state index contributed by atoms with van der Waals surface area (Å²) in [6, 6.07) is 0. The molecule has 3 rings (SSSR count). The summed E-state index contributed by atoms with van der Waals surface area (Å²) in [5.41, 5.74) is 0.481. The highest BCUT2D eigenvalue weighted by molar-refractivity contribution is 8.02. The number of imidazole rings is 1. The van der Waals surface area contributed by atoms with E-state index in [0.29, 0.717) is 0 Å². The molecule has 19 heavy (non-hydrogen) atoms. The minimum atomic E-state index is -0.328. The standard InChI is InChI=1S/C12H18BN3O2S/c1-11(2)12(3,4)18-13(17-11)9-7-19-10(15-9)16-6-5-14-8-16/h5-8,10,15H,1-4H3. The summed E-state index contributed by atoms with van der Waals surface area (Å²) in [7, 11) is -0.328. The third-order valence-corrected chi connectivity index (χ3v) is 4.93. The lowest BCUT2D eigenvalue weighted by molar-refractivity contribution is 0.00578. The van der Waals surface area contributed by atoms with Crippen molar-refractivity contribution >= 4 is 18.9 Å². The Kier molecular flexibility index (Phi) is 2.96. The van der Waals surface area contributed by atoms with Crippen LogP contribution in [0.5, 0.6) is 0 Å². The van der Waals surface area contributed by atoms with Crippen molar-refractivity contribution in [1.29, 1.82) is 0 Å². The van der Waals surface area contributed by atoms with Gasteiger partial charge in [0.1, 0.15) is 0 Å². The summed E-state index contributed by atoms with van der Waals surface area (Å²) in [6.45, 7) is 8.23. The van der Waals surface area contributed by atoms with E-state index in [0.717, 1.165) is 5.60 Å². The van der Waals surface area contributed by atoms with Gasteiger partial charge in [0.05, 0.1) is 17.5 Å². The van der Waals surface area contributed by atoms with E-state index in [-0.39, 0.29) is 23.8 Å². The number of thioether (sulfide) groups is 1. The van der Waals surface area contributed by atoms with Crippen LogP contribution in [0, 0.1) is 0 Å². The van der Waals surface area contributed by atoms with Crippen molar-refractivity contribution in [2.45, 2.75) is 44.4 Å². The monoisotopic (exact) mass is 279 g/mol. The maximum absolute atomic E-state index is 6.02. The molecule has 1 aromatic heterocycles. The van der Waals surface area contributed by atoms with E-state index in [9.17, 15) is 0 Å². The average Bonchev–Trinajstić information content (AvgIpc) is 3.00. The van der Waals surface area contributed by atoms with Gasteiger partial charge in [-0.25, -0.2) is 4.98 Å². The molecule has 0 saturated carbocycles. The highest BCUT2D eigenvalue weighted by atomic mass is 32.2. The van der Waals surface area contributed by atoms with E-state index in [4.69, 9.17) is 9.31 Å². The van der Waals surface area contributed by atoms with Gasteiger partial charge in [0, 0.05) is 18.0 Å². The number of hydrogen-bond acceptors (Lipinski definition) is 5. The number of aromatic nitrogens is 2. The first kappa shape index (κ1) is 13.1. The Morgan fingerprint density at radius 3 is 2.58 bits per heavy atom. The van der Waals surface area contributed by atoms with Crippen LogP contribution in [0.25, 0.3) is 0 Å². The van der Waals surface area contributed by atoms with Gasteiger partial charge in [0.2, 0.25) is 0 Å². The molecule has 1 unspecified atom stereocenters. The Labute approximate surface area is 117 Å². The maximum atomic E-state index is 6.02. The van der Waals surface area contributed by atoms with Gasteiger partial charge in [-0.1, -0.05) is 11.8 Å². The van der Waals surface area contributed by atoms with Crippen LogP contribution >= 0.6 is 11.8 Å². The minimum Gasteiger partial charge on any atom is -0.398 e. The number of hydrogen-bond donors (Lipinski definition) is 1. The van der Waals surface area contributed by atoms with E-state index in [1.54, 1.807) is 24.3 Å². The maximum Gasteiger partial charge on any atom is 0.512 e. The van der Waals surface area contributed by atoms with Crippen LogP contribution in [0.15, 0.2) is 29.7 Å².